The maximum Gasteiger partial charge on any atom is 0.271 e. The van der Waals surface area contributed by atoms with E-state index in [2.05, 4.69) is 28.6 Å². The van der Waals surface area contributed by atoms with E-state index >= 15 is 0 Å². The van der Waals surface area contributed by atoms with Crippen LogP contribution in [0.15, 0.2) is 51.3 Å². The van der Waals surface area contributed by atoms with Crippen LogP contribution in [-0.4, -0.2) is 26.7 Å². The molecule has 0 unspecified atom stereocenters. The van der Waals surface area contributed by atoms with Crippen LogP contribution >= 0.6 is 11.3 Å². The molecule has 8 heteroatoms. The summed E-state index contributed by atoms with van der Waals surface area (Å²) in [6, 6.07) is 10.7. The Morgan fingerprint density at radius 2 is 1.92 bits per heavy atom. The number of hydrogen-bond acceptors (Lipinski definition) is 6. The van der Waals surface area contributed by atoms with E-state index in [0.717, 1.165) is 40.6 Å². The van der Waals surface area contributed by atoms with E-state index in [1.165, 1.54) is 6.20 Å². The minimum absolute atomic E-state index is 0.233. The van der Waals surface area contributed by atoms with Gasteiger partial charge in [0.15, 0.2) is 5.76 Å². The smallest absolute Gasteiger partial charge is 0.271 e. The molecular weight excluding hydrogens is 370 g/mol. The van der Waals surface area contributed by atoms with Crippen molar-refractivity contribution in [2.75, 3.05) is 22.7 Å². The number of hydrogen-bond donors (Lipinski definition) is 1. The van der Waals surface area contributed by atoms with Gasteiger partial charge in [0.1, 0.15) is 4.21 Å². The standard InChI is InChI=1S/C18H21N3O3S2/c1-4-21(5-2)14-6-7-15(13(3)12-14)20-26(22,23)18-9-8-17(25-18)16-10-11-19-24-16/h6-12,20H,4-5H2,1-3H3. The van der Waals surface area contributed by atoms with Crippen LogP contribution in [0.2, 0.25) is 0 Å². The minimum atomic E-state index is -3.66. The van der Waals surface area contributed by atoms with Crippen LogP contribution in [0.4, 0.5) is 11.4 Å². The lowest BCUT2D eigenvalue weighted by Crippen LogP contribution is -2.22. The Labute approximate surface area is 157 Å². The molecule has 0 aliphatic rings. The summed E-state index contributed by atoms with van der Waals surface area (Å²) in [6.45, 7) is 7.90. The number of rotatable bonds is 7. The Bertz CT molecular complexity index is 975. The molecule has 3 rings (SSSR count). The van der Waals surface area contributed by atoms with Crippen molar-refractivity contribution < 1.29 is 12.9 Å². The predicted octanol–water partition coefficient (Wildman–Crippen LogP) is 4.36. The van der Waals surface area contributed by atoms with Gasteiger partial charge in [-0.1, -0.05) is 5.16 Å². The van der Waals surface area contributed by atoms with Gasteiger partial charge in [-0.3, -0.25) is 4.72 Å². The van der Waals surface area contributed by atoms with E-state index in [0.29, 0.717) is 11.4 Å². The molecule has 0 aliphatic carbocycles. The van der Waals surface area contributed by atoms with Crippen molar-refractivity contribution in [3.8, 4) is 10.6 Å². The Kier molecular flexibility index (Phi) is 5.33. The molecule has 0 spiro atoms. The third kappa shape index (κ3) is 3.76. The van der Waals surface area contributed by atoms with Gasteiger partial charge in [-0.25, -0.2) is 8.42 Å². The van der Waals surface area contributed by atoms with Gasteiger partial charge in [0.05, 0.1) is 16.8 Å². The molecule has 1 N–H and O–H groups in total. The van der Waals surface area contributed by atoms with Gasteiger partial charge in [0, 0.05) is 24.8 Å². The third-order valence-electron chi connectivity index (χ3n) is 4.11. The molecule has 6 nitrogen and oxygen atoms in total. The minimum Gasteiger partial charge on any atom is -0.372 e. The Hall–Kier alpha value is -2.32. The molecule has 3 aromatic rings. The molecule has 2 aromatic heterocycles. The molecule has 0 amide bonds. The van der Waals surface area contributed by atoms with Gasteiger partial charge in [0.2, 0.25) is 0 Å². The number of aryl methyl sites for hydroxylation is 1. The maximum absolute atomic E-state index is 12.7. The first-order chi connectivity index (χ1) is 12.4. The zero-order chi connectivity index (χ0) is 18.7. The summed E-state index contributed by atoms with van der Waals surface area (Å²) in [5, 5.41) is 3.65. The van der Waals surface area contributed by atoms with Crippen molar-refractivity contribution in [2.45, 2.75) is 25.0 Å². The first kappa shape index (κ1) is 18.5. The largest absolute Gasteiger partial charge is 0.372 e. The third-order valence-corrected chi connectivity index (χ3v) is 7.07. The highest BCUT2D eigenvalue weighted by molar-refractivity contribution is 7.94. The summed E-state index contributed by atoms with van der Waals surface area (Å²) >= 11 is 1.15. The van der Waals surface area contributed by atoms with Gasteiger partial charge in [0.25, 0.3) is 10.0 Å². The highest BCUT2D eigenvalue weighted by Gasteiger charge is 2.19. The Balaban J connectivity index is 1.84. The van der Waals surface area contributed by atoms with E-state index in [4.69, 9.17) is 4.52 Å². The van der Waals surface area contributed by atoms with Gasteiger partial charge in [-0.15, -0.1) is 11.3 Å². The molecule has 138 valence electrons. The summed E-state index contributed by atoms with van der Waals surface area (Å²) in [7, 11) is -3.66. The van der Waals surface area contributed by atoms with Crippen molar-refractivity contribution in [2.24, 2.45) is 0 Å². The molecule has 0 fully saturated rings. The number of thiophene rings is 1. The van der Waals surface area contributed by atoms with Gasteiger partial charge in [-0.05, 0) is 56.7 Å². The van der Waals surface area contributed by atoms with E-state index in [1.54, 1.807) is 18.2 Å². The number of nitrogens with one attached hydrogen (secondary N) is 1. The summed E-state index contributed by atoms with van der Waals surface area (Å²) < 4.78 is 33.4. The zero-order valence-electron chi connectivity index (χ0n) is 14.9. The van der Waals surface area contributed by atoms with Crippen LogP contribution in [0.5, 0.6) is 0 Å². The monoisotopic (exact) mass is 391 g/mol. The average Bonchev–Trinajstić information content (AvgIpc) is 3.29. The second-order valence-corrected chi connectivity index (χ2v) is 8.77. The molecule has 0 bridgehead atoms. The van der Waals surface area contributed by atoms with Crippen LogP contribution in [0, 0.1) is 6.92 Å². The Morgan fingerprint density at radius 3 is 2.54 bits per heavy atom. The van der Waals surface area contributed by atoms with Crippen LogP contribution in [-0.2, 0) is 10.0 Å². The van der Waals surface area contributed by atoms with Crippen molar-refractivity contribution in [1.29, 1.82) is 0 Å². The summed E-state index contributed by atoms with van der Waals surface area (Å²) in [6.07, 6.45) is 1.53. The molecular formula is C18H21N3O3S2. The van der Waals surface area contributed by atoms with Gasteiger partial charge < -0.3 is 9.42 Å². The fraction of sp³-hybridized carbons (Fsp3) is 0.278. The number of benzene rings is 1. The molecule has 0 saturated heterocycles. The lowest BCUT2D eigenvalue weighted by Gasteiger charge is -2.22. The lowest BCUT2D eigenvalue weighted by atomic mass is 10.1. The van der Waals surface area contributed by atoms with Crippen molar-refractivity contribution in [1.82, 2.24) is 5.16 Å². The molecule has 0 atom stereocenters. The first-order valence-corrected chi connectivity index (χ1v) is 10.6. The number of anilines is 2. The van der Waals surface area contributed by atoms with Crippen molar-refractivity contribution in [3.05, 3.63) is 48.2 Å². The van der Waals surface area contributed by atoms with E-state index in [-0.39, 0.29) is 4.21 Å². The highest BCUT2D eigenvalue weighted by Crippen LogP contribution is 2.32. The normalized spacial score (nSPS) is 11.5. The highest BCUT2D eigenvalue weighted by atomic mass is 32.2. The van der Waals surface area contributed by atoms with Crippen LogP contribution in [0.3, 0.4) is 0 Å². The molecule has 0 radical (unpaired) electrons. The van der Waals surface area contributed by atoms with Crippen molar-refractivity contribution >= 4 is 32.7 Å². The quantitative estimate of drug-likeness (QED) is 0.648. The summed E-state index contributed by atoms with van der Waals surface area (Å²) in [4.78, 5) is 2.94. The maximum atomic E-state index is 12.7. The Morgan fingerprint density at radius 1 is 1.15 bits per heavy atom. The number of sulfonamides is 1. The second-order valence-electron chi connectivity index (χ2n) is 5.77. The molecule has 0 saturated carbocycles. The van der Waals surface area contributed by atoms with E-state index in [1.807, 2.05) is 25.1 Å². The predicted molar refractivity (Wildman–Crippen MR) is 105 cm³/mol. The summed E-state index contributed by atoms with van der Waals surface area (Å²) in [5.74, 6) is 0.552. The van der Waals surface area contributed by atoms with Crippen molar-refractivity contribution in [3.63, 3.8) is 0 Å². The van der Waals surface area contributed by atoms with Gasteiger partial charge in [-0.2, -0.15) is 0 Å². The zero-order valence-corrected chi connectivity index (χ0v) is 16.5. The molecule has 0 aliphatic heterocycles. The average molecular weight is 392 g/mol. The fourth-order valence-electron chi connectivity index (χ4n) is 2.68. The molecule has 2 heterocycles. The first-order valence-electron chi connectivity index (χ1n) is 8.34. The van der Waals surface area contributed by atoms with E-state index < -0.39 is 10.0 Å². The molecule has 26 heavy (non-hydrogen) atoms. The van der Waals surface area contributed by atoms with E-state index in [9.17, 15) is 8.42 Å². The number of nitrogens with zero attached hydrogens (tertiary/aromatic N) is 2. The SMILES string of the molecule is CCN(CC)c1ccc(NS(=O)(=O)c2ccc(-c3ccno3)s2)c(C)c1. The molecule has 1 aromatic carbocycles. The summed E-state index contributed by atoms with van der Waals surface area (Å²) in [5.41, 5.74) is 2.54. The van der Waals surface area contributed by atoms with Crippen LogP contribution < -0.4 is 9.62 Å². The number of aromatic nitrogens is 1. The van der Waals surface area contributed by atoms with Crippen LogP contribution in [0.1, 0.15) is 19.4 Å². The second kappa shape index (κ2) is 7.51. The lowest BCUT2D eigenvalue weighted by molar-refractivity contribution is 0.433. The topological polar surface area (TPSA) is 75.4 Å². The fourth-order valence-corrected chi connectivity index (χ4v) is 5.08. The van der Waals surface area contributed by atoms with Gasteiger partial charge >= 0.3 is 0 Å². The van der Waals surface area contributed by atoms with Crippen LogP contribution in [0.25, 0.3) is 10.6 Å².